The maximum absolute atomic E-state index is 11.6. The molecule has 3 rings (SSSR count). The van der Waals surface area contributed by atoms with Crippen LogP contribution in [-0.4, -0.2) is 22.1 Å². The van der Waals surface area contributed by atoms with Crippen molar-refractivity contribution in [3.63, 3.8) is 0 Å². The first-order valence-electron chi connectivity index (χ1n) is 8.55. The Morgan fingerprint density at radius 1 is 1.35 bits per heavy atom. The van der Waals surface area contributed by atoms with E-state index in [0.717, 1.165) is 27.9 Å². The maximum atomic E-state index is 11.6. The van der Waals surface area contributed by atoms with Gasteiger partial charge in [0.2, 0.25) is 0 Å². The molecular formula is C19H26N2O2. The number of rotatable bonds is 4. The number of hydrogen-bond donors (Lipinski definition) is 3. The second-order valence-corrected chi connectivity index (χ2v) is 7.09. The highest BCUT2D eigenvalue weighted by Gasteiger charge is 2.27. The predicted molar refractivity (Wildman–Crippen MR) is 92.8 cm³/mol. The molecule has 2 aromatic rings. The monoisotopic (exact) mass is 314 g/mol. The van der Waals surface area contributed by atoms with Crippen LogP contribution in [-0.2, 0) is 6.54 Å². The summed E-state index contributed by atoms with van der Waals surface area (Å²) in [5.41, 5.74) is 3.22. The molecule has 1 aromatic carbocycles. The van der Waals surface area contributed by atoms with Crippen molar-refractivity contribution in [2.24, 2.45) is 11.8 Å². The number of benzene rings is 1. The summed E-state index contributed by atoms with van der Waals surface area (Å²) in [4.78, 5) is 14.7. The number of nitrogens with one attached hydrogen (secondary N) is 2. The Morgan fingerprint density at radius 2 is 2.13 bits per heavy atom. The minimum absolute atomic E-state index is 0.314. The SMILES string of the molecule is Cc1ccc2c(CNC3CCCC(C)C3C)c(C(=O)O)[nH]c2c1. The lowest BCUT2D eigenvalue weighted by Crippen LogP contribution is -2.40. The van der Waals surface area contributed by atoms with Gasteiger partial charge in [0.15, 0.2) is 0 Å². The van der Waals surface area contributed by atoms with E-state index in [1.54, 1.807) is 0 Å². The van der Waals surface area contributed by atoms with Crippen molar-refractivity contribution in [1.29, 1.82) is 0 Å². The van der Waals surface area contributed by atoms with Gasteiger partial charge in [0, 0.05) is 29.1 Å². The molecule has 1 aliphatic rings. The minimum atomic E-state index is -0.888. The van der Waals surface area contributed by atoms with Crippen molar-refractivity contribution in [2.75, 3.05) is 0 Å². The number of aryl methyl sites for hydroxylation is 1. The molecule has 0 saturated heterocycles. The molecule has 4 nitrogen and oxygen atoms in total. The second kappa shape index (κ2) is 6.36. The third-order valence-corrected chi connectivity index (χ3v) is 5.52. The topological polar surface area (TPSA) is 65.1 Å². The van der Waals surface area contributed by atoms with Gasteiger partial charge < -0.3 is 15.4 Å². The Morgan fingerprint density at radius 3 is 2.87 bits per heavy atom. The van der Waals surface area contributed by atoms with Gasteiger partial charge in [0.05, 0.1) is 0 Å². The molecule has 1 heterocycles. The third kappa shape index (κ3) is 3.13. The molecule has 3 unspecified atom stereocenters. The molecular weight excluding hydrogens is 288 g/mol. The van der Waals surface area contributed by atoms with E-state index < -0.39 is 5.97 Å². The van der Waals surface area contributed by atoms with E-state index in [1.807, 2.05) is 25.1 Å². The van der Waals surface area contributed by atoms with Crippen LogP contribution in [0.15, 0.2) is 18.2 Å². The van der Waals surface area contributed by atoms with Crippen molar-refractivity contribution in [3.8, 4) is 0 Å². The Hall–Kier alpha value is -1.81. The molecule has 0 radical (unpaired) electrons. The normalized spacial score (nSPS) is 24.9. The van der Waals surface area contributed by atoms with Crippen molar-refractivity contribution in [3.05, 3.63) is 35.0 Å². The summed E-state index contributed by atoms with van der Waals surface area (Å²) in [6.45, 7) is 7.24. The van der Waals surface area contributed by atoms with Crippen LogP contribution < -0.4 is 5.32 Å². The van der Waals surface area contributed by atoms with E-state index in [1.165, 1.54) is 19.3 Å². The Balaban J connectivity index is 1.86. The van der Waals surface area contributed by atoms with Gasteiger partial charge in [0.25, 0.3) is 0 Å². The number of fused-ring (bicyclic) bond motifs is 1. The fraction of sp³-hybridized carbons (Fsp3) is 0.526. The lowest BCUT2D eigenvalue weighted by molar-refractivity contribution is 0.0690. The molecule has 3 N–H and O–H groups in total. The van der Waals surface area contributed by atoms with Crippen LogP contribution in [0.25, 0.3) is 10.9 Å². The first-order chi connectivity index (χ1) is 11.0. The summed E-state index contributed by atoms with van der Waals surface area (Å²) in [6, 6.07) is 6.54. The third-order valence-electron chi connectivity index (χ3n) is 5.52. The number of carbonyl (C=O) groups is 1. The van der Waals surface area contributed by atoms with E-state index in [4.69, 9.17) is 0 Å². The van der Waals surface area contributed by atoms with Crippen LogP contribution in [0.1, 0.15) is 54.7 Å². The van der Waals surface area contributed by atoms with Gasteiger partial charge >= 0.3 is 5.97 Å². The van der Waals surface area contributed by atoms with Crippen LogP contribution >= 0.6 is 0 Å². The van der Waals surface area contributed by atoms with E-state index in [2.05, 4.69) is 24.1 Å². The fourth-order valence-corrected chi connectivity index (χ4v) is 3.84. The summed E-state index contributed by atoms with van der Waals surface area (Å²) in [6.07, 6.45) is 3.73. The van der Waals surface area contributed by atoms with Gasteiger partial charge in [-0.3, -0.25) is 0 Å². The van der Waals surface area contributed by atoms with E-state index in [0.29, 0.717) is 24.2 Å². The zero-order valence-electron chi connectivity index (χ0n) is 14.1. The average molecular weight is 314 g/mol. The number of carboxylic acid groups (broad SMARTS) is 1. The second-order valence-electron chi connectivity index (χ2n) is 7.09. The molecule has 3 atom stereocenters. The highest BCUT2D eigenvalue weighted by Crippen LogP contribution is 2.30. The van der Waals surface area contributed by atoms with Crippen LogP contribution in [0.2, 0.25) is 0 Å². The van der Waals surface area contributed by atoms with Crippen LogP contribution in [0, 0.1) is 18.8 Å². The standard InChI is InChI=1S/C19H26N2O2/c1-11-7-8-14-15(18(19(22)23)21-17(14)9-11)10-20-16-6-4-5-12(2)13(16)3/h7-9,12-13,16,20-21H,4-6,10H2,1-3H3,(H,22,23). The smallest absolute Gasteiger partial charge is 0.352 e. The summed E-state index contributed by atoms with van der Waals surface area (Å²) < 4.78 is 0. The molecule has 1 aliphatic carbocycles. The van der Waals surface area contributed by atoms with E-state index in [9.17, 15) is 9.90 Å². The van der Waals surface area contributed by atoms with Crippen LogP contribution in [0.5, 0.6) is 0 Å². The molecule has 0 bridgehead atoms. The fourth-order valence-electron chi connectivity index (χ4n) is 3.84. The lowest BCUT2D eigenvalue weighted by Gasteiger charge is -2.34. The predicted octanol–water partition coefficient (Wildman–Crippen LogP) is 4.09. The molecule has 0 spiro atoms. The van der Waals surface area contributed by atoms with Crippen molar-refractivity contribution in [1.82, 2.24) is 10.3 Å². The average Bonchev–Trinajstić information content (AvgIpc) is 2.86. The Kier molecular flexibility index (Phi) is 4.44. The highest BCUT2D eigenvalue weighted by molar-refractivity contribution is 5.97. The zero-order valence-corrected chi connectivity index (χ0v) is 14.1. The van der Waals surface area contributed by atoms with Gasteiger partial charge in [-0.05, 0) is 36.8 Å². The van der Waals surface area contributed by atoms with E-state index in [-0.39, 0.29) is 0 Å². The number of aromatic amines is 1. The molecule has 0 aliphatic heterocycles. The van der Waals surface area contributed by atoms with Gasteiger partial charge in [-0.25, -0.2) is 4.79 Å². The summed E-state index contributed by atoms with van der Waals surface area (Å²) in [5, 5.41) is 14.1. The molecule has 124 valence electrons. The number of aromatic carboxylic acids is 1. The lowest BCUT2D eigenvalue weighted by atomic mass is 9.78. The largest absolute Gasteiger partial charge is 0.477 e. The molecule has 4 heteroatoms. The van der Waals surface area contributed by atoms with Crippen molar-refractivity contribution >= 4 is 16.9 Å². The van der Waals surface area contributed by atoms with Crippen molar-refractivity contribution < 1.29 is 9.90 Å². The first-order valence-corrected chi connectivity index (χ1v) is 8.55. The maximum Gasteiger partial charge on any atom is 0.352 e. The number of aromatic nitrogens is 1. The Bertz CT molecular complexity index is 719. The van der Waals surface area contributed by atoms with Crippen molar-refractivity contribution in [2.45, 2.75) is 52.6 Å². The molecule has 23 heavy (non-hydrogen) atoms. The summed E-state index contributed by atoms with van der Waals surface area (Å²) in [7, 11) is 0. The van der Waals surface area contributed by atoms with Gasteiger partial charge in [-0.2, -0.15) is 0 Å². The van der Waals surface area contributed by atoms with Crippen LogP contribution in [0.4, 0.5) is 0 Å². The Labute approximate surface area is 137 Å². The zero-order chi connectivity index (χ0) is 16.6. The first kappa shape index (κ1) is 16.1. The van der Waals surface area contributed by atoms with Gasteiger partial charge in [-0.1, -0.05) is 38.8 Å². The number of hydrogen-bond acceptors (Lipinski definition) is 2. The number of H-pyrrole nitrogens is 1. The molecule has 1 aromatic heterocycles. The minimum Gasteiger partial charge on any atom is -0.477 e. The highest BCUT2D eigenvalue weighted by atomic mass is 16.4. The quantitative estimate of drug-likeness (QED) is 0.796. The van der Waals surface area contributed by atoms with Gasteiger partial charge in [0.1, 0.15) is 5.69 Å². The molecule has 1 fully saturated rings. The molecule has 0 amide bonds. The summed E-state index contributed by atoms with van der Waals surface area (Å²) >= 11 is 0. The van der Waals surface area contributed by atoms with Crippen LogP contribution in [0.3, 0.4) is 0 Å². The molecule has 1 saturated carbocycles. The van der Waals surface area contributed by atoms with E-state index >= 15 is 0 Å². The van der Waals surface area contributed by atoms with Gasteiger partial charge in [-0.15, -0.1) is 0 Å². The summed E-state index contributed by atoms with van der Waals surface area (Å²) in [5.74, 6) is 0.469. The number of carboxylic acids is 1.